The average molecular weight is 366 g/mol. The molecule has 2 heterocycles. The normalized spacial score (nSPS) is 17.0. The predicted molar refractivity (Wildman–Crippen MR) is 103 cm³/mol. The molecule has 4 nitrogen and oxygen atoms in total. The van der Waals surface area contributed by atoms with Crippen molar-refractivity contribution in [2.75, 3.05) is 6.54 Å². The van der Waals surface area contributed by atoms with Crippen LogP contribution in [0.3, 0.4) is 0 Å². The Bertz CT molecular complexity index is 995. The Kier molecular flexibility index (Phi) is 4.68. The highest BCUT2D eigenvalue weighted by Gasteiger charge is 2.33. The van der Waals surface area contributed by atoms with E-state index in [-0.39, 0.29) is 17.8 Å². The van der Waals surface area contributed by atoms with Gasteiger partial charge in [-0.25, -0.2) is 9.37 Å². The van der Waals surface area contributed by atoms with Crippen LogP contribution in [0.25, 0.3) is 22.2 Å². The molecule has 0 spiro atoms. The Labute approximate surface area is 158 Å². The Morgan fingerprint density at radius 3 is 2.81 bits per heavy atom. The lowest BCUT2D eigenvalue weighted by molar-refractivity contribution is -0.132. The number of amides is 1. The van der Waals surface area contributed by atoms with Crippen LogP contribution in [0, 0.1) is 12.7 Å². The van der Waals surface area contributed by atoms with Crippen molar-refractivity contribution >= 4 is 17.0 Å². The van der Waals surface area contributed by atoms with E-state index in [1.54, 1.807) is 13.0 Å². The van der Waals surface area contributed by atoms with Crippen molar-refractivity contribution in [2.24, 2.45) is 0 Å². The first-order chi connectivity index (χ1) is 13.1. The van der Waals surface area contributed by atoms with E-state index in [9.17, 15) is 9.18 Å². The highest BCUT2D eigenvalue weighted by Crippen LogP contribution is 2.35. The molecular weight excluding hydrogens is 343 g/mol. The van der Waals surface area contributed by atoms with Crippen LogP contribution in [0.5, 0.6) is 0 Å². The van der Waals surface area contributed by atoms with E-state index < -0.39 is 0 Å². The molecule has 0 unspecified atom stereocenters. The second kappa shape index (κ2) is 7.14. The van der Waals surface area contributed by atoms with Crippen molar-refractivity contribution in [3.05, 3.63) is 53.7 Å². The number of oxazole rings is 1. The molecule has 1 aromatic heterocycles. The molecule has 1 fully saturated rings. The number of fused-ring (bicyclic) bond motifs is 1. The van der Waals surface area contributed by atoms with E-state index in [1.807, 2.05) is 36.1 Å². The van der Waals surface area contributed by atoms with E-state index in [0.717, 1.165) is 42.5 Å². The third kappa shape index (κ3) is 3.34. The zero-order valence-corrected chi connectivity index (χ0v) is 15.7. The average Bonchev–Trinajstić information content (AvgIpc) is 3.29. The van der Waals surface area contributed by atoms with Gasteiger partial charge in [0, 0.05) is 13.0 Å². The second-order valence-electron chi connectivity index (χ2n) is 7.19. The maximum atomic E-state index is 13.5. The number of aryl methyl sites for hydroxylation is 1. The van der Waals surface area contributed by atoms with Gasteiger partial charge in [-0.05, 0) is 67.1 Å². The van der Waals surface area contributed by atoms with Crippen molar-refractivity contribution in [3.63, 3.8) is 0 Å². The lowest BCUT2D eigenvalue weighted by Gasteiger charge is -2.21. The Balaban J connectivity index is 1.66. The fraction of sp³-hybridized carbons (Fsp3) is 0.364. The molecule has 3 aromatic rings. The van der Waals surface area contributed by atoms with E-state index in [2.05, 4.69) is 4.98 Å². The SMILES string of the molecule is CCCC(=O)N1CCC[C@@H]1c1nc2cc(-c3ccc(F)c(C)c3)ccc2o1. The molecule has 5 heteroatoms. The lowest BCUT2D eigenvalue weighted by Crippen LogP contribution is -2.30. The predicted octanol–water partition coefficient (Wildman–Crippen LogP) is 5.41. The largest absolute Gasteiger partial charge is 0.438 e. The van der Waals surface area contributed by atoms with Gasteiger partial charge in [0.1, 0.15) is 17.4 Å². The first-order valence-electron chi connectivity index (χ1n) is 9.53. The number of halogens is 1. The standard InChI is InChI=1S/C22H23FN2O2/c1-3-5-21(26)25-11-4-6-19(25)22-24-18-13-16(8-10-20(18)27-22)15-7-9-17(23)14(2)12-15/h7-10,12-13,19H,3-6,11H2,1-2H3/t19-/m1/s1. The lowest BCUT2D eigenvalue weighted by atomic mass is 10.0. The van der Waals surface area contributed by atoms with Crippen LogP contribution in [-0.4, -0.2) is 22.3 Å². The third-order valence-electron chi connectivity index (χ3n) is 5.22. The number of hydrogen-bond donors (Lipinski definition) is 0. The summed E-state index contributed by atoms with van der Waals surface area (Å²) >= 11 is 0. The molecule has 1 atom stereocenters. The summed E-state index contributed by atoms with van der Waals surface area (Å²) < 4.78 is 19.5. The summed E-state index contributed by atoms with van der Waals surface area (Å²) in [6, 6.07) is 10.8. The van der Waals surface area contributed by atoms with Gasteiger partial charge in [0.25, 0.3) is 0 Å². The molecule has 2 aromatic carbocycles. The van der Waals surface area contributed by atoms with Crippen LogP contribution in [-0.2, 0) is 4.79 Å². The van der Waals surface area contributed by atoms with Gasteiger partial charge in [-0.15, -0.1) is 0 Å². The van der Waals surface area contributed by atoms with Gasteiger partial charge < -0.3 is 9.32 Å². The molecule has 0 saturated carbocycles. The minimum Gasteiger partial charge on any atom is -0.438 e. The summed E-state index contributed by atoms with van der Waals surface area (Å²) in [6.45, 7) is 4.54. The molecular formula is C22H23FN2O2. The summed E-state index contributed by atoms with van der Waals surface area (Å²) in [5.41, 5.74) is 4.00. The number of aromatic nitrogens is 1. The van der Waals surface area contributed by atoms with Gasteiger partial charge in [0.05, 0.1) is 0 Å². The Morgan fingerprint density at radius 1 is 1.26 bits per heavy atom. The Hall–Kier alpha value is -2.69. The van der Waals surface area contributed by atoms with Gasteiger partial charge in [-0.1, -0.05) is 19.1 Å². The molecule has 0 radical (unpaired) electrons. The van der Waals surface area contributed by atoms with Gasteiger partial charge in [-0.2, -0.15) is 0 Å². The van der Waals surface area contributed by atoms with Crippen molar-refractivity contribution in [1.29, 1.82) is 0 Å². The number of likely N-dealkylation sites (tertiary alicyclic amines) is 1. The summed E-state index contributed by atoms with van der Waals surface area (Å²) in [6.07, 6.45) is 3.26. The van der Waals surface area contributed by atoms with Gasteiger partial charge >= 0.3 is 0 Å². The number of rotatable bonds is 4. The zero-order valence-electron chi connectivity index (χ0n) is 15.7. The molecule has 0 bridgehead atoms. The highest BCUT2D eigenvalue weighted by molar-refractivity contribution is 5.81. The van der Waals surface area contributed by atoms with Crippen LogP contribution in [0.15, 0.2) is 40.8 Å². The highest BCUT2D eigenvalue weighted by atomic mass is 19.1. The molecule has 140 valence electrons. The minimum atomic E-state index is -0.207. The first-order valence-corrected chi connectivity index (χ1v) is 9.53. The van der Waals surface area contributed by atoms with Crippen LogP contribution in [0.4, 0.5) is 4.39 Å². The maximum Gasteiger partial charge on any atom is 0.223 e. The van der Waals surface area contributed by atoms with Gasteiger partial charge in [0.15, 0.2) is 5.58 Å². The number of carbonyl (C=O) groups excluding carboxylic acids is 1. The number of nitrogens with zero attached hydrogens (tertiary/aromatic N) is 2. The van der Waals surface area contributed by atoms with E-state index in [0.29, 0.717) is 23.5 Å². The van der Waals surface area contributed by atoms with E-state index in [1.165, 1.54) is 6.07 Å². The van der Waals surface area contributed by atoms with Crippen LogP contribution >= 0.6 is 0 Å². The third-order valence-corrected chi connectivity index (χ3v) is 5.22. The van der Waals surface area contributed by atoms with Crippen molar-refractivity contribution in [1.82, 2.24) is 9.88 Å². The molecule has 1 saturated heterocycles. The molecule has 1 aliphatic rings. The van der Waals surface area contributed by atoms with Gasteiger partial charge in [0.2, 0.25) is 11.8 Å². The molecule has 4 rings (SSSR count). The van der Waals surface area contributed by atoms with Crippen molar-refractivity contribution < 1.29 is 13.6 Å². The summed E-state index contributed by atoms with van der Waals surface area (Å²) in [5.74, 6) is 0.575. The summed E-state index contributed by atoms with van der Waals surface area (Å²) in [5, 5.41) is 0. The summed E-state index contributed by atoms with van der Waals surface area (Å²) in [7, 11) is 0. The minimum absolute atomic E-state index is 0.0760. The topological polar surface area (TPSA) is 46.3 Å². The zero-order chi connectivity index (χ0) is 19.0. The quantitative estimate of drug-likeness (QED) is 0.620. The van der Waals surface area contributed by atoms with Crippen LogP contribution in [0.2, 0.25) is 0 Å². The van der Waals surface area contributed by atoms with Crippen LogP contribution in [0.1, 0.15) is 50.1 Å². The van der Waals surface area contributed by atoms with E-state index >= 15 is 0 Å². The second-order valence-corrected chi connectivity index (χ2v) is 7.19. The molecule has 0 aliphatic carbocycles. The first kappa shape index (κ1) is 17.7. The number of hydrogen-bond acceptors (Lipinski definition) is 3. The molecule has 1 aliphatic heterocycles. The summed E-state index contributed by atoms with van der Waals surface area (Å²) in [4.78, 5) is 18.9. The number of benzene rings is 2. The van der Waals surface area contributed by atoms with E-state index in [4.69, 9.17) is 4.42 Å². The number of carbonyl (C=O) groups is 1. The molecule has 1 amide bonds. The van der Waals surface area contributed by atoms with Crippen LogP contribution < -0.4 is 0 Å². The monoisotopic (exact) mass is 366 g/mol. The van der Waals surface area contributed by atoms with Crippen molar-refractivity contribution in [3.8, 4) is 11.1 Å². The maximum absolute atomic E-state index is 13.5. The van der Waals surface area contributed by atoms with Crippen molar-refractivity contribution in [2.45, 2.75) is 45.6 Å². The fourth-order valence-corrected chi connectivity index (χ4v) is 3.77. The Morgan fingerprint density at radius 2 is 2.04 bits per heavy atom. The molecule has 27 heavy (non-hydrogen) atoms. The molecule has 0 N–H and O–H groups in total. The van der Waals surface area contributed by atoms with Gasteiger partial charge in [-0.3, -0.25) is 4.79 Å². The smallest absolute Gasteiger partial charge is 0.223 e. The fourth-order valence-electron chi connectivity index (χ4n) is 3.77.